The molecular weight excluding hydrogens is 396 g/mol. The number of anilines is 1. The molecule has 1 amide bonds. The third-order valence-corrected chi connectivity index (χ3v) is 6.28. The van der Waals surface area contributed by atoms with Gasteiger partial charge in [-0.3, -0.25) is 9.52 Å². The van der Waals surface area contributed by atoms with Crippen molar-refractivity contribution in [3.63, 3.8) is 0 Å². The maximum Gasteiger partial charge on any atom is 0.262 e. The molecule has 5 nitrogen and oxygen atoms in total. The highest BCUT2D eigenvalue weighted by Crippen LogP contribution is 2.22. The van der Waals surface area contributed by atoms with Gasteiger partial charge in [0.05, 0.1) is 4.90 Å². The summed E-state index contributed by atoms with van der Waals surface area (Å²) in [5.41, 5.74) is 4.46. The molecule has 0 unspecified atom stereocenters. The van der Waals surface area contributed by atoms with E-state index < -0.39 is 10.0 Å². The molecule has 156 valence electrons. The quantitative estimate of drug-likeness (QED) is 0.593. The Morgan fingerprint density at radius 2 is 1.53 bits per heavy atom. The molecule has 2 N–H and O–H groups in total. The molecule has 0 bridgehead atoms. The summed E-state index contributed by atoms with van der Waals surface area (Å²) in [6.45, 7) is 6.01. The van der Waals surface area contributed by atoms with E-state index in [4.69, 9.17) is 0 Å². The minimum atomic E-state index is -3.83. The van der Waals surface area contributed by atoms with E-state index in [1.807, 2.05) is 50.2 Å². The van der Waals surface area contributed by atoms with Crippen molar-refractivity contribution in [3.05, 3.63) is 94.5 Å². The number of sulfonamides is 1. The van der Waals surface area contributed by atoms with Crippen LogP contribution in [0.5, 0.6) is 0 Å². The second-order valence-electron chi connectivity index (χ2n) is 7.45. The SMILES string of the molecule is Cc1cc(C)cc(NS(=O)(=O)c2cc(C(=O)NCCc3ccccc3)ccc2C)c1. The summed E-state index contributed by atoms with van der Waals surface area (Å²) < 4.78 is 28.6. The average Bonchev–Trinajstić information content (AvgIpc) is 2.67. The lowest BCUT2D eigenvalue weighted by molar-refractivity contribution is 0.0954. The number of amides is 1. The molecule has 0 aliphatic heterocycles. The zero-order valence-corrected chi connectivity index (χ0v) is 18.2. The minimum absolute atomic E-state index is 0.0948. The molecule has 0 radical (unpaired) electrons. The van der Waals surface area contributed by atoms with Crippen LogP contribution in [0.25, 0.3) is 0 Å². The lowest BCUT2D eigenvalue weighted by Gasteiger charge is -2.13. The number of nitrogens with one attached hydrogen (secondary N) is 2. The van der Waals surface area contributed by atoms with Gasteiger partial charge in [-0.15, -0.1) is 0 Å². The van der Waals surface area contributed by atoms with Crippen LogP contribution in [0.4, 0.5) is 5.69 Å². The standard InChI is InChI=1S/C24H26N2O3S/c1-17-13-18(2)15-22(14-17)26-30(28,29)23-16-21(10-9-19(23)3)24(27)25-12-11-20-7-5-4-6-8-20/h4-10,13-16,26H,11-12H2,1-3H3,(H,25,27). The number of aryl methyl sites for hydroxylation is 3. The molecule has 0 saturated carbocycles. The van der Waals surface area contributed by atoms with Crippen LogP contribution >= 0.6 is 0 Å². The van der Waals surface area contributed by atoms with Crippen molar-refractivity contribution in [3.8, 4) is 0 Å². The fraction of sp³-hybridized carbons (Fsp3) is 0.208. The van der Waals surface area contributed by atoms with Gasteiger partial charge in [-0.1, -0.05) is 42.5 Å². The zero-order valence-electron chi connectivity index (χ0n) is 17.4. The first kappa shape index (κ1) is 21.6. The van der Waals surface area contributed by atoms with Crippen LogP contribution in [0.2, 0.25) is 0 Å². The van der Waals surface area contributed by atoms with E-state index in [0.29, 0.717) is 29.8 Å². The van der Waals surface area contributed by atoms with Crippen molar-refractivity contribution in [2.45, 2.75) is 32.1 Å². The summed E-state index contributed by atoms with van der Waals surface area (Å²) in [5.74, 6) is -0.297. The summed E-state index contributed by atoms with van der Waals surface area (Å²) in [7, 11) is -3.83. The van der Waals surface area contributed by atoms with Gasteiger partial charge in [-0.05, 0) is 73.7 Å². The maximum atomic E-state index is 13.0. The van der Waals surface area contributed by atoms with Crippen LogP contribution in [-0.2, 0) is 16.4 Å². The third-order valence-electron chi connectivity index (χ3n) is 4.76. The summed E-state index contributed by atoms with van der Waals surface area (Å²) >= 11 is 0. The number of benzene rings is 3. The van der Waals surface area contributed by atoms with Gasteiger partial charge in [0.1, 0.15) is 0 Å². The fourth-order valence-electron chi connectivity index (χ4n) is 3.34. The van der Waals surface area contributed by atoms with Crippen molar-refractivity contribution in [1.29, 1.82) is 0 Å². The van der Waals surface area contributed by atoms with Gasteiger partial charge in [0.2, 0.25) is 0 Å². The molecular formula is C24H26N2O3S. The highest BCUT2D eigenvalue weighted by atomic mass is 32.2. The van der Waals surface area contributed by atoms with E-state index in [-0.39, 0.29) is 10.8 Å². The highest BCUT2D eigenvalue weighted by molar-refractivity contribution is 7.92. The number of hydrogen-bond donors (Lipinski definition) is 2. The van der Waals surface area contributed by atoms with Gasteiger partial charge >= 0.3 is 0 Å². The van der Waals surface area contributed by atoms with E-state index in [9.17, 15) is 13.2 Å². The lowest BCUT2D eigenvalue weighted by Crippen LogP contribution is -2.26. The Morgan fingerprint density at radius 3 is 2.20 bits per heavy atom. The second kappa shape index (κ2) is 9.13. The zero-order chi connectivity index (χ0) is 21.7. The van der Waals surface area contributed by atoms with Gasteiger partial charge < -0.3 is 5.32 Å². The summed E-state index contributed by atoms with van der Waals surface area (Å²) in [5, 5.41) is 2.86. The van der Waals surface area contributed by atoms with Gasteiger partial charge in [-0.2, -0.15) is 0 Å². The van der Waals surface area contributed by atoms with E-state index >= 15 is 0 Å². The van der Waals surface area contributed by atoms with Crippen molar-refractivity contribution in [2.75, 3.05) is 11.3 Å². The van der Waals surface area contributed by atoms with Crippen LogP contribution in [0.1, 0.15) is 32.6 Å². The first-order valence-corrected chi connectivity index (χ1v) is 11.3. The minimum Gasteiger partial charge on any atom is -0.352 e. The number of carbonyl (C=O) groups excluding carboxylic acids is 1. The topological polar surface area (TPSA) is 75.3 Å². The Balaban J connectivity index is 1.75. The molecule has 0 fully saturated rings. The molecule has 3 rings (SSSR count). The van der Waals surface area contributed by atoms with E-state index in [1.54, 1.807) is 31.2 Å². The smallest absolute Gasteiger partial charge is 0.262 e. The Bertz CT molecular complexity index is 1140. The van der Waals surface area contributed by atoms with Gasteiger partial charge in [0.15, 0.2) is 0 Å². The van der Waals surface area contributed by atoms with Crippen molar-refractivity contribution in [1.82, 2.24) is 5.32 Å². The fourth-order valence-corrected chi connectivity index (χ4v) is 4.65. The molecule has 0 spiro atoms. The summed E-state index contributed by atoms with van der Waals surface area (Å²) in [6.07, 6.45) is 0.706. The molecule has 0 aliphatic rings. The molecule has 0 atom stereocenters. The Hall–Kier alpha value is -3.12. The molecule has 30 heavy (non-hydrogen) atoms. The molecule has 0 heterocycles. The van der Waals surface area contributed by atoms with Gasteiger partial charge in [-0.25, -0.2) is 8.42 Å². The molecule has 0 aliphatic carbocycles. The largest absolute Gasteiger partial charge is 0.352 e. The highest BCUT2D eigenvalue weighted by Gasteiger charge is 2.19. The third kappa shape index (κ3) is 5.48. The average molecular weight is 423 g/mol. The monoisotopic (exact) mass is 422 g/mol. The van der Waals surface area contributed by atoms with Crippen molar-refractivity contribution >= 4 is 21.6 Å². The van der Waals surface area contributed by atoms with Crippen molar-refractivity contribution < 1.29 is 13.2 Å². The van der Waals surface area contributed by atoms with Gasteiger partial charge in [0, 0.05) is 17.8 Å². The number of hydrogen-bond acceptors (Lipinski definition) is 3. The summed E-state index contributed by atoms with van der Waals surface area (Å²) in [6, 6.07) is 20.1. The Morgan fingerprint density at radius 1 is 0.867 bits per heavy atom. The Kier molecular flexibility index (Phi) is 6.57. The second-order valence-corrected chi connectivity index (χ2v) is 9.10. The van der Waals surface area contributed by atoms with E-state index in [1.165, 1.54) is 6.07 Å². The molecule has 6 heteroatoms. The first-order valence-electron chi connectivity index (χ1n) is 9.78. The molecule has 0 aromatic heterocycles. The predicted molar refractivity (Wildman–Crippen MR) is 120 cm³/mol. The summed E-state index contributed by atoms with van der Waals surface area (Å²) in [4.78, 5) is 12.6. The lowest BCUT2D eigenvalue weighted by atomic mass is 10.1. The van der Waals surface area contributed by atoms with Crippen LogP contribution in [0.15, 0.2) is 71.6 Å². The van der Waals surface area contributed by atoms with Crippen LogP contribution < -0.4 is 10.0 Å². The first-order chi connectivity index (χ1) is 14.2. The van der Waals surface area contributed by atoms with Gasteiger partial charge in [0.25, 0.3) is 15.9 Å². The van der Waals surface area contributed by atoms with Crippen LogP contribution in [-0.4, -0.2) is 20.9 Å². The van der Waals surface area contributed by atoms with Crippen LogP contribution in [0, 0.1) is 20.8 Å². The Labute approximate surface area is 178 Å². The maximum absolute atomic E-state index is 13.0. The van der Waals surface area contributed by atoms with Crippen molar-refractivity contribution in [2.24, 2.45) is 0 Å². The predicted octanol–water partition coefficient (Wildman–Crippen LogP) is 4.39. The van der Waals surface area contributed by atoms with E-state index in [0.717, 1.165) is 16.7 Å². The number of carbonyl (C=O) groups is 1. The number of rotatable bonds is 7. The molecule has 3 aromatic rings. The molecule has 3 aromatic carbocycles. The van der Waals surface area contributed by atoms with Crippen LogP contribution in [0.3, 0.4) is 0 Å². The normalized spacial score (nSPS) is 11.2. The molecule has 0 saturated heterocycles. The van der Waals surface area contributed by atoms with E-state index in [2.05, 4.69) is 10.0 Å².